The second-order valence-electron chi connectivity index (χ2n) is 7.33. The highest BCUT2D eigenvalue weighted by atomic mass is 16.5. The van der Waals surface area contributed by atoms with Crippen molar-refractivity contribution in [1.82, 2.24) is 10.3 Å². The van der Waals surface area contributed by atoms with Crippen LogP contribution in [0.1, 0.15) is 50.2 Å². The van der Waals surface area contributed by atoms with E-state index in [1.807, 2.05) is 36.5 Å². The Labute approximate surface area is 161 Å². The number of carbonyl (C=O) groups is 1. The number of hydrogen-bond donors (Lipinski definition) is 1. The van der Waals surface area contributed by atoms with Gasteiger partial charge >= 0.3 is 0 Å². The van der Waals surface area contributed by atoms with Crippen molar-refractivity contribution < 1.29 is 9.53 Å². The fourth-order valence-corrected chi connectivity index (χ4v) is 3.32. The molecule has 0 spiro atoms. The topological polar surface area (TPSA) is 54.5 Å². The first-order chi connectivity index (χ1) is 13.1. The number of carbonyl (C=O) groups excluding carboxylic acids is 1. The molecule has 1 aliphatic rings. The molecule has 0 bridgehead atoms. The fourth-order valence-electron chi connectivity index (χ4n) is 3.32. The Morgan fingerprint density at radius 3 is 2.78 bits per heavy atom. The number of aromatic nitrogens is 1. The Kier molecular flexibility index (Phi) is 6.69. The van der Waals surface area contributed by atoms with Gasteiger partial charge in [0, 0.05) is 31.4 Å². The monoisotopic (exact) mass is 367 g/mol. The molecular weight excluding hydrogens is 338 g/mol. The molecule has 2 aromatic rings. The van der Waals surface area contributed by atoms with Gasteiger partial charge in [-0.1, -0.05) is 32.0 Å². The average Bonchev–Trinajstić information content (AvgIpc) is 2.72. The molecule has 3 rings (SSSR count). The number of benzene rings is 1. The van der Waals surface area contributed by atoms with Gasteiger partial charge < -0.3 is 15.0 Å². The molecular formula is C22H29N3O2. The van der Waals surface area contributed by atoms with Crippen molar-refractivity contribution in [3.05, 3.63) is 53.7 Å². The summed E-state index contributed by atoms with van der Waals surface area (Å²) < 4.78 is 5.66. The maximum absolute atomic E-state index is 12.2. The molecule has 5 heteroatoms. The van der Waals surface area contributed by atoms with E-state index in [4.69, 9.17) is 4.74 Å². The van der Waals surface area contributed by atoms with Gasteiger partial charge in [-0.25, -0.2) is 4.98 Å². The van der Waals surface area contributed by atoms with E-state index in [1.165, 1.54) is 24.8 Å². The van der Waals surface area contributed by atoms with E-state index in [9.17, 15) is 4.79 Å². The number of nitrogens with zero attached hydrogens (tertiary/aromatic N) is 2. The number of rotatable bonds is 7. The van der Waals surface area contributed by atoms with Crippen LogP contribution in [0.2, 0.25) is 0 Å². The highest BCUT2D eigenvalue weighted by Gasteiger charge is 2.16. The number of amides is 1. The molecule has 0 unspecified atom stereocenters. The zero-order chi connectivity index (χ0) is 19.1. The lowest BCUT2D eigenvalue weighted by atomic mass is 10.0. The zero-order valence-electron chi connectivity index (χ0n) is 16.3. The van der Waals surface area contributed by atoms with Gasteiger partial charge in [-0.15, -0.1) is 0 Å². The molecule has 0 radical (unpaired) electrons. The minimum Gasteiger partial charge on any atom is -0.484 e. The van der Waals surface area contributed by atoms with Crippen LogP contribution in [0, 0.1) is 0 Å². The summed E-state index contributed by atoms with van der Waals surface area (Å²) in [7, 11) is 0. The van der Waals surface area contributed by atoms with Crippen LogP contribution in [0.3, 0.4) is 0 Å². The van der Waals surface area contributed by atoms with Crippen LogP contribution in [0.5, 0.6) is 5.75 Å². The predicted molar refractivity (Wildman–Crippen MR) is 108 cm³/mol. The normalized spacial score (nSPS) is 14.3. The highest BCUT2D eigenvalue weighted by molar-refractivity contribution is 5.77. The Hall–Kier alpha value is -2.56. The number of anilines is 1. The first-order valence-corrected chi connectivity index (χ1v) is 9.82. The molecule has 0 saturated carbocycles. The Morgan fingerprint density at radius 1 is 1.19 bits per heavy atom. The van der Waals surface area contributed by atoms with E-state index in [2.05, 4.69) is 35.1 Å². The Balaban J connectivity index is 1.53. The van der Waals surface area contributed by atoms with Crippen LogP contribution in [0.25, 0.3) is 0 Å². The summed E-state index contributed by atoms with van der Waals surface area (Å²) in [4.78, 5) is 19.1. The molecule has 144 valence electrons. The average molecular weight is 367 g/mol. The lowest BCUT2D eigenvalue weighted by Crippen LogP contribution is -2.33. The third-order valence-electron chi connectivity index (χ3n) is 4.89. The lowest BCUT2D eigenvalue weighted by Gasteiger charge is -2.29. The number of ether oxygens (including phenoxy) is 1. The Bertz CT molecular complexity index is 755. The molecule has 5 nitrogen and oxygen atoms in total. The van der Waals surface area contributed by atoms with Gasteiger partial charge in [-0.2, -0.15) is 0 Å². The van der Waals surface area contributed by atoms with E-state index in [0.717, 1.165) is 30.2 Å². The molecule has 2 heterocycles. The highest BCUT2D eigenvalue weighted by Crippen LogP contribution is 2.22. The van der Waals surface area contributed by atoms with E-state index < -0.39 is 0 Å². The molecule has 1 fully saturated rings. The van der Waals surface area contributed by atoms with Gasteiger partial charge in [-0.05, 0) is 48.9 Å². The van der Waals surface area contributed by atoms with Crippen molar-refractivity contribution in [2.45, 2.75) is 45.6 Å². The third-order valence-corrected chi connectivity index (χ3v) is 4.89. The summed E-state index contributed by atoms with van der Waals surface area (Å²) in [6.07, 6.45) is 5.50. The van der Waals surface area contributed by atoms with Crippen molar-refractivity contribution >= 4 is 11.7 Å². The van der Waals surface area contributed by atoms with Gasteiger partial charge in [0.1, 0.15) is 11.6 Å². The van der Waals surface area contributed by atoms with Crippen LogP contribution in [-0.2, 0) is 11.3 Å². The summed E-state index contributed by atoms with van der Waals surface area (Å²) in [5.41, 5.74) is 2.25. The van der Waals surface area contributed by atoms with Crippen LogP contribution < -0.4 is 15.0 Å². The van der Waals surface area contributed by atoms with E-state index >= 15 is 0 Å². The lowest BCUT2D eigenvalue weighted by molar-refractivity contribution is -0.123. The molecule has 1 N–H and O–H groups in total. The van der Waals surface area contributed by atoms with Gasteiger partial charge in [0.15, 0.2) is 6.61 Å². The molecule has 1 amide bonds. The van der Waals surface area contributed by atoms with E-state index in [1.54, 1.807) is 0 Å². The maximum Gasteiger partial charge on any atom is 0.258 e. The Morgan fingerprint density at radius 2 is 2.00 bits per heavy atom. The molecule has 0 atom stereocenters. The quantitative estimate of drug-likeness (QED) is 0.807. The van der Waals surface area contributed by atoms with E-state index in [0.29, 0.717) is 12.5 Å². The summed E-state index contributed by atoms with van der Waals surface area (Å²) in [6, 6.07) is 11.9. The summed E-state index contributed by atoms with van der Waals surface area (Å²) >= 11 is 0. The predicted octanol–water partition coefficient (Wildman–Crippen LogP) is 3.89. The van der Waals surface area contributed by atoms with E-state index in [-0.39, 0.29) is 12.5 Å². The largest absolute Gasteiger partial charge is 0.484 e. The molecule has 1 saturated heterocycles. The fraction of sp³-hybridized carbons (Fsp3) is 0.455. The first kappa shape index (κ1) is 19.2. The smallest absolute Gasteiger partial charge is 0.258 e. The van der Waals surface area contributed by atoms with Gasteiger partial charge in [0.2, 0.25) is 0 Å². The van der Waals surface area contributed by atoms with Crippen molar-refractivity contribution in [3.8, 4) is 5.75 Å². The van der Waals surface area contributed by atoms with Crippen molar-refractivity contribution in [3.63, 3.8) is 0 Å². The number of piperidine rings is 1. The maximum atomic E-state index is 12.2. The minimum atomic E-state index is -0.126. The molecule has 27 heavy (non-hydrogen) atoms. The first-order valence-electron chi connectivity index (χ1n) is 9.82. The SMILES string of the molecule is CC(C)c1cccc(OCC(=O)NCc2cccnc2N2CCCCC2)c1. The second-order valence-corrected chi connectivity index (χ2v) is 7.33. The van der Waals surface area contributed by atoms with Crippen LogP contribution in [-0.4, -0.2) is 30.6 Å². The van der Waals surface area contributed by atoms with Gasteiger partial charge in [-0.3, -0.25) is 4.79 Å². The second kappa shape index (κ2) is 9.40. The standard InChI is InChI=1S/C22H29N3O2/c1-17(2)18-8-6-10-20(14-18)27-16-21(26)24-15-19-9-7-11-23-22(19)25-12-4-3-5-13-25/h6-11,14,17H,3-5,12-13,15-16H2,1-2H3,(H,24,26). The van der Waals surface area contributed by atoms with Gasteiger partial charge in [0.25, 0.3) is 5.91 Å². The van der Waals surface area contributed by atoms with Crippen LogP contribution in [0.15, 0.2) is 42.6 Å². The van der Waals surface area contributed by atoms with Crippen molar-refractivity contribution in [2.24, 2.45) is 0 Å². The minimum absolute atomic E-state index is 0.0147. The zero-order valence-corrected chi connectivity index (χ0v) is 16.3. The van der Waals surface area contributed by atoms with Crippen molar-refractivity contribution in [1.29, 1.82) is 0 Å². The van der Waals surface area contributed by atoms with Crippen LogP contribution >= 0.6 is 0 Å². The molecule has 1 aromatic heterocycles. The molecule has 0 aliphatic carbocycles. The van der Waals surface area contributed by atoms with Crippen LogP contribution in [0.4, 0.5) is 5.82 Å². The third kappa shape index (κ3) is 5.46. The number of nitrogens with one attached hydrogen (secondary N) is 1. The molecule has 1 aliphatic heterocycles. The van der Waals surface area contributed by atoms with Crippen molar-refractivity contribution in [2.75, 3.05) is 24.6 Å². The molecule has 1 aromatic carbocycles. The number of pyridine rings is 1. The number of hydrogen-bond acceptors (Lipinski definition) is 4. The summed E-state index contributed by atoms with van der Waals surface area (Å²) in [5, 5.41) is 2.96. The summed E-state index contributed by atoms with van der Waals surface area (Å²) in [6.45, 7) is 6.83. The van der Waals surface area contributed by atoms with Gasteiger partial charge in [0.05, 0.1) is 0 Å². The summed E-state index contributed by atoms with van der Waals surface area (Å²) in [5.74, 6) is 2.02.